The Bertz CT molecular complexity index is 167. The molecule has 0 saturated carbocycles. The van der Waals surface area contributed by atoms with Crippen LogP contribution in [0.5, 0.6) is 0 Å². The monoisotopic (exact) mass is 231 g/mol. The van der Waals surface area contributed by atoms with Gasteiger partial charge in [0.15, 0.2) is 0 Å². The zero-order valence-corrected chi connectivity index (χ0v) is 11.2. The molecule has 1 heterocycles. The molecule has 0 aromatic heterocycles. The van der Waals surface area contributed by atoms with Gasteiger partial charge in [0, 0.05) is 18.9 Å². The predicted molar refractivity (Wildman–Crippen MR) is 68.7 cm³/mol. The molecule has 0 bridgehead atoms. The van der Waals surface area contributed by atoms with Gasteiger partial charge in [-0.25, -0.2) is 0 Å². The van der Waals surface area contributed by atoms with E-state index >= 15 is 0 Å². The van der Waals surface area contributed by atoms with Gasteiger partial charge in [0.2, 0.25) is 0 Å². The average Bonchev–Trinajstić information content (AvgIpc) is 2.26. The van der Waals surface area contributed by atoms with Gasteiger partial charge in [-0.3, -0.25) is 0 Å². The van der Waals surface area contributed by atoms with Crippen molar-refractivity contribution in [2.75, 3.05) is 26.0 Å². The number of thioether (sulfide) groups is 1. The molecule has 90 valence electrons. The lowest BCUT2D eigenvalue weighted by molar-refractivity contribution is 0.0159. The molecule has 2 nitrogen and oxygen atoms in total. The van der Waals surface area contributed by atoms with E-state index in [0.717, 1.165) is 18.2 Å². The zero-order chi connectivity index (χ0) is 11.1. The van der Waals surface area contributed by atoms with Gasteiger partial charge in [-0.1, -0.05) is 6.42 Å². The van der Waals surface area contributed by atoms with Gasteiger partial charge in [-0.05, 0) is 45.4 Å². The van der Waals surface area contributed by atoms with E-state index in [1.54, 1.807) is 7.11 Å². The van der Waals surface area contributed by atoms with E-state index in [0.29, 0.717) is 0 Å². The second kappa shape index (κ2) is 6.77. The Labute approximate surface area is 98.5 Å². The number of hydrogen-bond donors (Lipinski definition) is 1. The van der Waals surface area contributed by atoms with E-state index in [2.05, 4.69) is 30.9 Å². The quantitative estimate of drug-likeness (QED) is 0.710. The number of hydrogen-bond acceptors (Lipinski definition) is 3. The van der Waals surface area contributed by atoms with E-state index in [4.69, 9.17) is 4.74 Å². The minimum absolute atomic E-state index is 0.0205. The first-order chi connectivity index (χ1) is 7.14. The van der Waals surface area contributed by atoms with Gasteiger partial charge in [-0.2, -0.15) is 11.8 Å². The minimum atomic E-state index is 0.0205. The summed E-state index contributed by atoms with van der Waals surface area (Å²) in [5.41, 5.74) is 0.0205. The fourth-order valence-electron chi connectivity index (χ4n) is 1.72. The van der Waals surface area contributed by atoms with Crippen molar-refractivity contribution < 1.29 is 4.74 Å². The van der Waals surface area contributed by atoms with Crippen LogP contribution in [-0.2, 0) is 4.74 Å². The van der Waals surface area contributed by atoms with Gasteiger partial charge in [0.05, 0.1) is 5.60 Å². The molecule has 1 aliphatic heterocycles. The summed E-state index contributed by atoms with van der Waals surface area (Å²) in [5.74, 6) is 1.36. The summed E-state index contributed by atoms with van der Waals surface area (Å²) in [5, 5.41) is 4.40. The van der Waals surface area contributed by atoms with Gasteiger partial charge >= 0.3 is 0 Å². The fraction of sp³-hybridized carbons (Fsp3) is 1.00. The molecule has 0 amide bonds. The van der Waals surface area contributed by atoms with Gasteiger partial charge in [0.25, 0.3) is 0 Å². The molecule has 1 rings (SSSR count). The van der Waals surface area contributed by atoms with Crippen LogP contribution in [0.1, 0.15) is 39.5 Å². The molecule has 1 atom stereocenters. The van der Waals surface area contributed by atoms with Crippen LogP contribution in [-0.4, -0.2) is 36.8 Å². The maximum absolute atomic E-state index is 5.38. The molecule has 1 fully saturated rings. The van der Waals surface area contributed by atoms with Crippen LogP contribution < -0.4 is 5.32 Å². The summed E-state index contributed by atoms with van der Waals surface area (Å²) < 4.78 is 5.38. The number of methoxy groups -OCH3 is 1. The fourth-order valence-corrected chi connectivity index (χ4v) is 3.00. The average molecular weight is 231 g/mol. The molecule has 1 N–H and O–H groups in total. The van der Waals surface area contributed by atoms with Crippen molar-refractivity contribution in [1.82, 2.24) is 5.32 Å². The summed E-state index contributed by atoms with van der Waals surface area (Å²) in [6.07, 6.45) is 5.31. The summed E-state index contributed by atoms with van der Waals surface area (Å²) in [4.78, 5) is 0. The zero-order valence-electron chi connectivity index (χ0n) is 10.3. The van der Waals surface area contributed by atoms with Crippen molar-refractivity contribution in [1.29, 1.82) is 0 Å². The molecule has 0 aliphatic carbocycles. The Morgan fingerprint density at radius 2 is 2.20 bits per heavy atom. The van der Waals surface area contributed by atoms with Crippen LogP contribution in [0.15, 0.2) is 0 Å². The molecule has 0 radical (unpaired) electrons. The van der Waals surface area contributed by atoms with Gasteiger partial charge < -0.3 is 10.1 Å². The highest BCUT2D eigenvalue weighted by Crippen LogP contribution is 2.24. The van der Waals surface area contributed by atoms with Crippen molar-refractivity contribution in [2.24, 2.45) is 0 Å². The lowest BCUT2D eigenvalue weighted by atomic mass is 10.1. The SMILES string of the molecule is COC(C)(C)CCNCC1CCCCS1. The molecule has 15 heavy (non-hydrogen) atoms. The highest BCUT2D eigenvalue weighted by molar-refractivity contribution is 7.99. The van der Waals surface area contributed by atoms with Gasteiger partial charge in [0.1, 0.15) is 0 Å². The molecule has 1 aliphatic rings. The molecule has 0 aromatic rings. The van der Waals surface area contributed by atoms with E-state index in [1.165, 1.54) is 31.6 Å². The molecular weight excluding hydrogens is 206 g/mol. The summed E-state index contributed by atoms with van der Waals surface area (Å²) in [6, 6.07) is 0. The Kier molecular flexibility index (Phi) is 6.02. The maximum Gasteiger partial charge on any atom is 0.0634 e. The highest BCUT2D eigenvalue weighted by Gasteiger charge is 2.16. The lowest BCUT2D eigenvalue weighted by Crippen LogP contribution is -2.32. The number of nitrogens with one attached hydrogen (secondary N) is 1. The lowest BCUT2D eigenvalue weighted by Gasteiger charge is -2.25. The van der Waals surface area contributed by atoms with Crippen LogP contribution >= 0.6 is 11.8 Å². The Morgan fingerprint density at radius 3 is 2.80 bits per heavy atom. The Balaban J connectivity index is 2.00. The normalized spacial score (nSPS) is 23.0. The van der Waals surface area contributed by atoms with E-state index < -0.39 is 0 Å². The molecular formula is C12H25NOS. The highest BCUT2D eigenvalue weighted by atomic mass is 32.2. The van der Waals surface area contributed by atoms with Crippen LogP contribution in [0.2, 0.25) is 0 Å². The van der Waals surface area contributed by atoms with Crippen LogP contribution in [0, 0.1) is 0 Å². The Hall–Kier alpha value is 0.270. The van der Waals surface area contributed by atoms with E-state index in [9.17, 15) is 0 Å². The molecule has 0 spiro atoms. The van der Waals surface area contributed by atoms with Crippen LogP contribution in [0.3, 0.4) is 0 Å². The first-order valence-electron chi connectivity index (χ1n) is 6.01. The second-order valence-electron chi connectivity index (χ2n) is 4.91. The van der Waals surface area contributed by atoms with E-state index in [1.807, 2.05) is 0 Å². The standard InChI is InChI=1S/C12H25NOS/c1-12(2,14-3)7-8-13-10-11-6-4-5-9-15-11/h11,13H,4-10H2,1-3H3. The summed E-state index contributed by atoms with van der Waals surface area (Å²) in [6.45, 7) is 6.52. The van der Waals surface area contributed by atoms with Crippen molar-refractivity contribution in [3.63, 3.8) is 0 Å². The topological polar surface area (TPSA) is 21.3 Å². The predicted octanol–water partition coefficient (Wildman–Crippen LogP) is 2.68. The third-order valence-corrected chi connectivity index (χ3v) is 4.50. The van der Waals surface area contributed by atoms with Crippen molar-refractivity contribution >= 4 is 11.8 Å². The molecule has 1 saturated heterocycles. The Morgan fingerprint density at radius 1 is 1.40 bits per heavy atom. The maximum atomic E-state index is 5.38. The van der Waals surface area contributed by atoms with Crippen LogP contribution in [0.25, 0.3) is 0 Å². The smallest absolute Gasteiger partial charge is 0.0634 e. The largest absolute Gasteiger partial charge is 0.379 e. The summed E-state index contributed by atoms with van der Waals surface area (Å²) in [7, 11) is 1.79. The van der Waals surface area contributed by atoms with Gasteiger partial charge in [-0.15, -0.1) is 0 Å². The first kappa shape index (κ1) is 13.3. The van der Waals surface area contributed by atoms with E-state index in [-0.39, 0.29) is 5.60 Å². The molecule has 1 unspecified atom stereocenters. The van der Waals surface area contributed by atoms with Crippen molar-refractivity contribution in [2.45, 2.75) is 50.4 Å². The first-order valence-corrected chi connectivity index (χ1v) is 7.06. The number of rotatable bonds is 6. The van der Waals surface area contributed by atoms with Crippen LogP contribution in [0.4, 0.5) is 0 Å². The third kappa shape index (κ3) is 5.79. The third-order valence-electron chi connectivity index (χ3n) is 3.10. The second-order valence-corrected chi connectivity index (χ2v) is 6.31. The van der Waals surface area contributed by atoms with Crippen molar-refractivity contribution in [3.05, 3.63) is 0 Å². The number of ether oxygens (including phenoxy) is 1. The minimum Gasteiger partial charge on any atom is -0.379 e. The van der Waals surface area contributed by atoms with Crippen molar-refractivity contribution in [3.8, 4) is 0 Å². The summed E-state index contributed by atoms with van der Waals surface area (Å²) >= 11 is 2.13. The molecule has 3 heteroatoms. The molecule has 0 aromatic carbocycles.